The largest absolute Gasteiger partial charge is 0.370 e. The Balaban J connectivity index is 1.11. The van der Waals surface area contributed by atoms with Gasteiger partial charge in [-0.2, -0.15) is 5.10 Å². The molecular formula is C31H36N8O. The van der Waals surface area contributed by atoms with Gasteiger partial charge in [0, 0.05) is 48.7 Å². The highest BCUT2D eigenvalue weighted by Crippen LogP contribution is 2.27. The van der Waals surface area contributed by atoms with Crippen LogP contribution in [-0.2, 0) is 0 Å². The number of benzene rings is 2. The lowest BCUT2D eigenvalue weighted by atomic mass is 9.89. The third-order valence-corrected chi connectivity index (χ3v) is 8.11. The molecule has 2 aromatic carbocycles. The monoisotopic (exact) mass is 536 g/mol. The lowest BCUT2D eigenvalue weighted by Crippen LogP contribution is -2.55. The average Bonchev–Trinajstić information content (AvgIpc) is 3.54. The van der Waals surface area contributed by atoms with E-state index in [1.54, 1.807) is 23.4 Å². The van der Waals surface area contributed by atoms with E-state index in [9.17, 15) is 4.79 Å². The number of pyridine rings is 1. The van der Waals surface area contributed by atoms with Crippen LogP contribution in [-0.4, -0.2) is 56.9 Å². The van der Waals surface area contributed by atoms with Gasteiger partial charge in [-0.05, 0) is 85.3 Å². The Kier molecular flexibility index (Phi) is 7.72. The van der Waals surface area contributed by atoms with E-state index in [0.717, 1.165) is 48.6 Å². The molecule has 9 heteroatoms. The first-order valence-electron chi connectivity index (χ1n) is 14.2. The Morgan fingerprint density at radius 3 is 2.50 bits per heavy atom. The number of anilines is 2. The summed E-state index contributed by atoms with van der Waals surface area (Å²) in [5.41, 5.74) is 10.2. The van der Waals surface area contributed by atoms with Crippen LogP contribution in [0.1, 0.15) is 48.9 Å². The van der Waals surface area contributed by atoms with E-state index < -0.39 is 5.91 Å². The van der Waals surface area contributed by atoms with Gasteiger partial charge in [0.2, 0.25) is 5.91 Å². The Hall–Kier alpha value is -4.24. The number of nitrogens with zero attached hydrogens (tertiary/aromatic N) is 5. The predicted molar refractivity (Wildman–Crippen MR) is 158 cm³/mol. The zero-order valence-corrected chi connectivity index (χ0v) is 22.6. The second-order valence-corrected chi connectivity index (χ2v) is 10.8. The van der Waals surface area contributed by atoms with E-state index in [0.29, 0.717) is 23.7 Å². The fourth-order valence-electron chi connectivity index (χ4n) is 6.04. The number of carbonyl (C=O) groups is 1. The van der Waals surface area contributed by atoms with Crippen LogP contribution < -0.4 is 21.3 Å². The standard InChI is InChI=1S/C31H36N8O/c32-31(40)24-6-3-5-22(17-24)23-14-15-34-30(18-23)37-29-9-2-1-8-28(29)36-25-7-4-16-38(19-25)26-10-12-27(13-11-26)39-21-33-20-35-39/h3,5-6,10-15,17-18,20-21,25,28-29,36H,1-2,4,7-9,16,19H2,(H2,32,40)(H,34,37)/t25-,28+,29+/m0/s1. The molecule has 206 valence electrons. The Labute approximate surface area is 234 Å². The zero-order valence-electron chi connectivity index (χ0n) is 22.6. The van der Waals surface area contributed by atoms with E-state index in [2.05, 4.69) is 60.9 Å². The lowest BCUT2D eigenvalue weighted by Gasteiger charge is -2.40. The molecule has 0 radical (unpaired) electrons. The van der Waals surface area contributed by atoms with Crippen LogP contribution in [0.3, 0.4) is 0 Å². The van der Waals surface area contributed by atoms with Gasteiger partial charge in [0.15, 0.2) is 0 Å². The number of carbonyl (C=O) groups excluding carboxylic acids is 1. The summed E-state index contributed by atoms with van der Waals surface area (Å²) < 4.78 is 1.78. The van der Waals surface area contributed by atoms with E-state index in [4.69, 9.17) is 5.73 Å². The minimum atomic E-state index is -0.421. The highest BCUT2D eigenvalue weighted by molar-refractivity contribution is 5.94. The van der Waals surface area contributed by atoms with Crippen molar-refractivity contribution in [2.24, 2.45) is 5.73 Å². The van der Waals surface area contributed by atoms with Gasteiger partial charge in [-0.15, -0.1) is 0 Å². The molecule has 3 heterocycles. The summed E-state index contributed by atoms with van der Waals surface area (Å²) in [4.78, 5) is 22.8. The van der Waals surface area contributed by atoms with Crippen LogP contribution in [0.5, 0.6) is 0 Å². The molecule has 6 rings (SSSR count). The Morgan fingerprint density at radius 2 is 1.70 bits per heavy atom. The molecule has 1 aliphatic heterocycles. The molecule has 0 unspecified atom stereocenters. The first-order valence-corrected chi connectivity index (χ1v) is 14.2. The van der Waals surface area contributed by atoms with Crippen molar-refractivity contribution in [3.63, 3.8) is 0 Å². The molecule has 0 spiro atoms. The number of aromatic nitrogens is 4. The van der Waals surface area contributed by atoms with Crippen molar-refractivity contribution in [3.8, 4) is 16.8 Å². The molecule has 0 bridgehead atoms. The highest BCUT2D eigenvalue weighted by Gasteiger charge is 2.29. The molecular weight excluding hydrogens is 500 g/mol. The minimum Gasteiger partial charge on any atom is -0.370 e. The average molecular weight is 537 g/mol. The molecule has 1 aliphatic carbocycles. The molecule has 2 fully saturated rings. The maximum atomic E-state index is 11.7. The van der Waals surface area contributed by atoms with Gasteiger partial charge in [-0.25, -0.2) is 14.6 Å². The summed E-state index contributed by atoms with van der Waals surface area (Å²) in [5.74, 6) is 0.439. The topological polar surface area (TPSA) is 114 Å². The molecule has 2 aliphatic rings. The zero-order chi connectivity index (χ0) is 27.3. The van der Waals surface area contributed by atoms with Crippen LogP contribution in [0.4, 0.5) is 11.5 Å². The number of rotatable bonds is 8. The van der Waals surface area contributed by atoms with Gasteiger partial charge in [0.25, 0.3) is 0 Å². The number of primary amides is 1. The summed E-state index contributed by atoms with van der Waals surface area (Å²) in [6.07, 6.45) is 12.2. The molecule has 2 aromatic heterocycles. The molecule has 3 atom stereocenters. The fraction of sp³-hybridized carbons (Fsp3) is 0.355. The third kappa shape index (κ3) is 5.99. The summed E-state index contributed by atoms with van der Waals surface area (Å²) in [7, 11) is 0. The molecule has 40 heavy (non-hydrogen) atoms. The normalized spacial score (nSPS) is 21.2. The minimum absolute atomic E-state index is 0.311. The molecule has 1 saturated heterocycles. The molecule has 9 nitrogen and oxygen atoms in total. The first-order chi connectivity index (χ1) is 19.6. The summed E-state index contributed by atoms with van der Waals surface area (Å²) >= 11 is 0. The van der Waals surface area contributed by atoms with Gasteiger partial charge in [0.1, 0.15) is 18.5 Å². The predicted octanol–water partition coefficient (Wildman–Crippen LogP) is 4.41. The van der Waals surface area contributed by atoms with Crippen molar-refractivity contribution in [2.75, 3.05) is 23.3 Å². The smallest absolute Gasteiger partial charge is 0.248 e. The summed E-state index contributed by atoms with van der Waals surface area (Å²) in [6, 6.07) is 21.2. The van der Waals surface area contributed by atoms with Crippen molar-refractivity contribution in [3.05, 3.63) is 85.1 Å². The van der Waals surface area contributed by atoms with Crippen molar-refractivity contribution in [2.45, 2.75) is 56.7 Å². The second kappa shape index (κ2) is 11.9. The van der Waals surface area contributed by atoms with Gasteiger partial charge in [0.05, 0.1) is 5.69 Å². The van der Waals surface area contributed by atoms with Gasteiger partial charge in [-0.1, -0.05) is 25.0 Å². The molecule has 1 saturated carbocycles. The second-order valence-electron chi connectivity index (χ2n) is 10.8. The highest BCUT2D eigenvalue weighted by atomic mass is 16.1. The van der Waals surface area contributed by atoms with Crippen LogP contribution in [0, 0.1) is 0 Å². The number of hydrogen-bond acceptors (Lipinski definition) is 7. The Bertz CT molecular complexity index is 1420. The van der Waals surface area contributed by atoms with Crippen molar-refractivity contribution < 1.29 is 4.79 Å². The van der Waals surface area contributed by atoms with Gasteiger partial charge < -0.3 is 21.3 Å². The van der Waals surface area contributed by atoms with Gasteiger partial charge in [-0.3, -0.25) is 4.79 Å². The van der Waals surface area contributed by atoms with E-state index in [-0.39, 0.29) is 0 Å². The number of amides is 1. The maximum Gasteiger partial charge on any atom is 0.248 e. The molecule has 4 aromatic rings. The van der Waals surface area contributed by atoms with E-state index in [1.807, 2.05) is 30.5 Å². The quantitative estimate of drug-likeness (QED) is 0.306. The maximum absolute atomic E-state index is 11.7. The third-order valence-electron chi connectivity index (χ3n) is 8.11. The number of nitrogens with two attached hydrogens (primary N) is 1. The van der Waals surface area contributed by atoms with E-state index in [1.165, 1.54) is 31.4 Å². The van der Waals surface area contributed by atoms with Crippen molar-refractivity contribution in [1.82, 2.24) is 25.1 Å². The van der Waals surface area contributed by atoms with Crippen molar-refractivity contribution >= 4 is 17.4 Å². The van der Waals surface area contributed by atoms with Crippen molar-refractivity contribution in [1.29, 1.82) is 0 Å². The first kappa shape index (κ1) is 26.0. The number of piperidine rings is 1. The lowest BCUT2D eigenvalue weighted by molar-refractivity contribution is 0.100. The van der Waals surface area contributed by atoms with Crippen LogP contribution >= 0.6 is 0 Å². The molecule has 4 N–H and O–H groups in total. The SMILES string of the molecule is NC(=O)c1cccc(-c2ccnc(N[C@@H]3CCCC[C@H]3N[C@H]3CCCN(c4ccc(-n5cncn5)cc4)C3)c2)c1. The fourth-order valence-corrected chi connectivity index (χ4v) is 6.04. The summed E-state index contributed by atoms with van der Waals surface area (Å²) in [5, 5.41) is 12.0. The van der Waals surface area contributed by atoms with Crippen LogP contribution in [0.2, 0.25) is 0 Å². The van der Waals surface area contributed by atoms with Crippen LogP contribution in [0.25, 0.3) is 16.8 Å². The summed E-state index contributed by atoms with van der Waals surface area (Å²) in [6.45, 7) is 2.07. The Morgan fingerprint density at radius 1 is 0.900 bits per heavy atom. The number of nitrogens with one attached hydrogen (secondary N) is 2. The number of hydrogen-bond donors (Lipinski definition) is 3. The van der Waals surface area contributed by atoms with Crippen LogP contribution in [0.15, 0.2) is 79.5 Å². The van der Waals surface area contributed by atoms with E-state index >= 15 is 0 Å². The molecule has 1 amide bonds. The van der Waals surface area contributed by atoms with Gasteiger partial charge >= 0.3 is 0 Å².